The van der Waals surface area contributed by atoms with Gasteiger partial charge < -0.3 is 9.84 Å². The minimum Gasteiger partial charge on any atom is -0.435 e. The zero-order valence-electron chi connectivity index (χ0n) is 20.0. The largest absolute Gasteiger partial charge is 0.435 e. The van der Waals surface area contributed by atoms with Gasteiger partial charge in [-0.05, 0) is 43.5 Å². The lowest BCUT2D eigenvalue weighted by atomic mass is 10.0. The first kappa shape index (κ1) is 24.7. The number of ether oxygens (including phenoxy) is 1. The van der Waals surface area contributed by atoms with Gasteiger partial charge in [-0.3, -0.25) is 4.90 Å². The fourth-order valence-electron chi connectivity index (χ4n) is 3.84. The number of aryl methyl sites for hydroxylation is 1. The fraction of sp³-hybridized carbons (Fsp3) is 0.370. The first-order valence-electron chi connectivity index (χ1n) is 11.4. The molecule has 3 aromatic rings. The molecule has 2 aromatic carbocycles. The second-order valence-electron chi connectivity index (χ2n) is 8.99. The minimum atomic E-state index is -1.04. The number of para-hydroxylation sites is 2. The van der Waals surface area contributed by atoms with Crippen LogP contribution in [-0.4, -0.2) is 38.5 Å². The van der Waals surface area contributed by atoms with Gasteiger partial charge in [0.2, 0.25) is 5.88 Å². The number of rotatable bonds is 11. The van der Waals surface area contributed by atoms with Gasteiger partial charge in [-0.25, -0.2) is 9.07 Å². The van der Waals surface area contributed by atoms with E-state index in [-0.39, 0.29) is 5.75 Å². The summed E-state index contributed by atoms with van der Waals surface area (Å²) in [5.74, 6) is 0.578. The third kappa shape index (κ3) is 6.30. The van der Waals surface area contributed by atoms with Crippen LogP contribution in [0.2, 0.25) is 0 Å². The summed E-state index contributed by atoms with van der Waals surface area (Å²) < 4.78 is 22.4. The van der Waals surface area contributed by atoms with Crippen molar-refractivity contribution in [3.05, 3.63) is 84.3 Å². The lowest BCUT2D eigenvalue weighted by Crippen LogP contribution is -2.40. The summed E-state index contributed by atoms with van der Waals surface area (Å²) in [4.78, 5) is 2.17. The topological polar surface area (TPSA) is 50.5 Å². The zero-order chi connectivity index (χ0) is 24.0. The highest BCUT2D eigenvalue weighted by atomic mass is 19.1. The number of benzene rings is 2. The smallest absolute Gasteiger partial charge is 0.227 e. The monoisotopic (exact) mass is 451 g/mol. The van der Waals surface area contributed by atoms with Crippen LogP contribution in [0.15, 0.2) is 67.3 Å². The molecule has 1 unspecified atom stereocenters. The second-order valence-corrected chi connectivity index (χ2v) is 8.99. The highest BCUT2D eigenvalue weighted by Gasteiger charge is 2.27. The Morgan fingerprint density at radius 3 is 2.45 bits per heavy atom. The normalized spacial score (nSPS) is 13.3. The molecular formula is C27H34FN3O2. The van der Waals surface area contributed by atoms with Crippen LogP contribution in [0.1, 0.15) is 39.0 Å². The van der Waals surface area contributed by atoms with Crippen molar-refractivity contribution in [3.8, 4) is 17.3 Å². The molecule has 0 spiro atoms. The summed E-state index contributed by atoms with van der Waals surface area (Å²) in [6.07, 6.45) is 2.25. The molecule has 1 aromatic heterocycles. The van der Waals surface area contributed by atoms with E-state index in [9.17, 15) is 9.50 Å². The Labute approximate surface area is 196 Å². The highest BCUT2D eigenvalue weighted by molar-refractivity contribution is 5.44. The van der Waals surface area contributed by atoms with Crippen LogP contribution < -0.4 is 4.74 Å². The Kier molecular flexibility index (Phi) is 8.06. The van der Waals surface area contributed by atoms with Crippen molar-refractivity contribution in [1.82, 2.24) is 14.7 Å². The molecule has 0 fully saturated rings. The van der Waals surface area contributed by atoms with E-state index in [4.69, 9.17) is 9.84 Å². The third-order valence-electron chi connectivity index (χ3n) is 5.39. The molecule has 0 bridgehead atoms. The van der Waals surface area contributed by atoms with Gasteiger partial charge in [0.05, 0.1) is 22.5 Å². The maximum absolute atomic E-state index is 14.5. The molecule has 5 nitrogen and oxygen atoms in total. The zero-order valence-corrected chi connectivity index (χ0v) is 20.0. The van der Waals surface area contributed by atoms with E-state index in [1.807, 2.05) is 37.3 Å². The van der Waals surface area contributed by atoms with E-state index in [2.05, 4.69) is 25.3 Å². The van der Waals surface area contributed by atoms with Crippen molar-refractivity contribution < 1.29 is 14.2 Å². The number of aromatic nitrogens is 2. The van der Waals surface area contributed by atoms with Crippen LogP contribution in [0.3, 0.4) is 0 Å². The SMILES string of the molecule is C=CC(C)(O)CN(Cc1c(CC)nn(-c2ccccc2)c1Oc1ccccc1F)CC(C)C. The molecule has 3 rings (SSSR count). The van der Waals surface area contributed by atoms with E-state index in [0.717, 1.165) is 23.5 Å². The quantitative estimate of drug-likeness (QED) is 0.377. The van der Waals surface area contributed by atoms with Gasteiger partial charge in [-0.1, -0.05) is 57.2 Å². The van der Waals surface area contributed by atoms with Gasteiger partial charge in [0, 0.05) is 19.6 Å². The van der Waals surface area contributed by atoms with E-state index >= 15 is 0 Å². The Hall–Kier alpha value is -2.96. The number of hydrogen-bond donors (Lipinski definition) is 1. The van der Waals surface area contributed by atoms with E-state index in [0.29, 0.717) is 31.3 Å². The molecule has 0 aliphatic carbocycles. The average Bonchev–Trinajstić information content (AvgIpc) is 3.12. The van der Waals surface area contributed by atoms with Gasteiger partial charge in [0.1, 0.15) is 0 Å². The van der Waals surface area contributed by atoms with Gasteiger partial charge in [0.25, 0.3) is 0 Å². The van der Waals surface area contributed by atoms with Crippen molar-refractivity contribution in [2.75, 3.05) is 13.1 Å². The predicted molar refractivity (Wildman–Crippen MR) is 130 cm³/mol. The summed E-state index contributed by atoms with van der Waals surface area (Å²) in [5, 5.41) is 15.5. The molecule has 6 heteroatoms. The molecule has 0 saturated heterocycles. The summed E-state index contributed by atoms with van der Waals surface area (Å²) in [7, 11) is 0. The molecule has 0 aliphatic heterocycles. The molecule has 176 valence electrons. The Bertz CT molecular complexity index is 1060. The van der Waals surface area contributed by atoms with Gasteiger partial charge >= 0.3 is 0 Å². The third-order valence-corrected chi connectivity index (χ3v) is 5.39. The first-order chi connectivity index (χ1) is 15.7. The van der Waals surface area contributed by atoms with Crippen LogP contribution >= 0.6 is 0 Å². The van der Waals surface area contributed by atoms with Crippen LogP contribution in [0.25, 0.3) is 5.69 Å². The number of hydrogen-bond acceptors (Lipinski definition) is 4. The van der Waals surface area contributed by atoms with Gasteiger partial charge in [0.15, 0.2) is 11.6 Å². The number of nitrogens with zero attached hydrogens (tertiary/aromatic N) is 3. The van der Waals surface area contributed by atoms with Crippen molar-refractivity contribution in [2.45, 2.75) is 46.3 Å². The van der Waals surface area contributed by atoms with Gasteiger partial charge in [-0.15, -0.1) is 6.58 Å². The minimum absolute atomic E-state index is 0.145. The molecule has 1 heterocycles. The van der Waals surface area contributed by atoms with Crippen LogP contribution in [-0.2, 0) is 13.0 Å². The maximum atomic E-state index is 14.5. The Morgan fingerprint density at radius 1 is 1.18 bits per heavy atom. The van der Waals surface area contributed by atoms with Crippen molar-refractivity contribution >= 4 is 0 Å². The van der Waals surface area contributed by atoms with Crippen LogP contribution in [0, 0.1) is 11.7 Å². The first-order valence-corrected chi connectivity index (χ1v) is 11.4. The number of aliphatic hydroxyl groups is 1. The summed E-state index contributed by atoms with van der Waals surface area (Å²) >= 11 is 0. The van der Waals surface area contributed by atoms with Gasteiger partial charge in [-0.2, -0.15) is 5.10 Å². The van der Waals surface area contributed by atoms with E-state index < -0.39 is 11.4 Å². The van der Waals surface area contributed by atoms with E-state index in [1.54, 1.807) is 35.9 Å². The highest BCUT2D eigenvalue weighted by Crippen LogP contribution is 2.33. The molecule has 33 heavy (non-hydrogen) atoms. The summed E-state index contributed by atoms with van der Waals surface area (Å²) in [5.41, 5.74) is 1.55. The van der Waals surface area contributed by atoms with Crippen molar-refractivity contribution in [1.29, 1.82) is 0 Å². The molecule has 1 N–H and O–H groups in total. The molecule has 0 radical (unpaired) electrons. The summed E-state index contributed by atoms with van der Waals surface area (Å²) in [6, 6.07) is 16.1. The molecule has 1 atom stereocenters. The molecular weight excluding hydrogens is 417 g/mol. The van der Waals surface area contributed by atoms with E-state index in [1.165, 1.54) is 6.07 Å². The van der Waals surface area contributed by atoms with Crippen molar-refractivity contribution in [2.24, 2.45) is 5.92 Å². The van der Waals surface area contributed by atoms with Crippen LogP contribution in [0.4, 0.5) is 4.39 Å². The van der Waals surface area contributed by atoms with Crippen LogP contribution in [0.5, 0.6) is 11.6 Å². The second kappa shape index (κ2) is 10.8. The predicted octanol–water partition coefficient (Wildman–Crippen LogP) is 5.76. The Morgan fingerprint density at radius 2 is 1.85 bits per heavy atom. The lowest BCUT2D eigenvalue weighted by Gasteiger charge is -2.31. The molecule has 0 saturated carbocycles. The maximum Gasteiger partial charge on any atom is 0.227 e. The number of halogens is 1. The Balaban J connectivity index is 2.10. The standard InChI is InChI=1S/C27H34FN3O2/c1-6-24-22(18-30(17-20(3)4)19-27(5,32)7-2)26(33-25-16-12-11-15-23(25)28)31(29-24)21-13-9-8-10-14-21/h7-16,20,32H,2,6,17-19H2,1,3-5H3. The molecule has 0 amide bonds. The van der Waals surface area contributed by atoms with Crippen molar-refractivity contribution in [3.63, 3.8) is 0 Å². The summed E-state index contributed by atoms with van der Waals surface area (Å²) in [6.45, 7) is 13.5. The lowest BCUT2D eigenvalue weighted by molar-refractivity contribution is 0.0537. The molecule has 0 aliphatic rings. The average molecular weight is 452 g/mol. The fourth-order valence-corrected chi connectivity index (χ4v) is 3.84.